The van der Waals surface area contributed by atoms with Crippen LogP contribution in [0.4, 0.5) is 23.2 Å². The Morgan fingerprint density at radius 2 is 2.05 bits per heavy atom. The number of nitrogens with zero attached hydrogens (tertiary/aromatic N) is 1. The minimum absolute atomic E-state index is 0.0852. The fourth-order valence-electron chi connectivity index (χ4n) is 2.11. The Morgan fingerprint density at radius 3 is 2.70 bits per heavy atom. The predicted octanol–water partition coefficient (Wildman–Crippen LogP) is 2.41. The molecule has 7 heteroatoms. The first kappa shape index (κ1) is 14.8. The number of para-hydroxylation sites is 1. The Bertz CT molecular complexity index is 507. The number of amides is 1. The maximum absolute atomic E-state index is 13.3. The third-order valence-corrected chi connectivity index (χ3v) is 3.18. The molecule has 20 heavy (non-hydrogen) atoms. The lowest BCUT2D eigenvalue weighted by Crippen LogP contribution is -2.50. The van der Waals surface area contributed by atoms with Gasteiger partial charge in [-0.2, -0.15) is 8.78 Å². The zero-order valence-corrected chi connectivity index (χ0v) is 10.7. The standard InChI is InChI=1S/C13H14F4N2O/c1-8-7-19(12(20)13(16,17)11(14)15)10-5-3-2-4-9(10)6-18-8/h2-5,8,11,18H,6-7H2,1H3. The summed E-state index contributed by atoms with van der Waals surface area (Å²) in [5.74, 6) is -6.55. The SMILES string of the molecule is CC1CN(C(=O)C(F)(F)C(F)F)c2ccccc2CN1. The molecule has 1 N–H and O–H groups in total. The molecule has 0 saturated heterocycles. The lowest BCUT2D eigenvalue weighted by atomic mass is 10.1. The molecule has 1 heterocycles. The molecule has 0 saturated carbocycles. The maximum Gasteiger partial charge on any atom is 0.384 e. The largest absolute Gasteiger partial charge is 0.384 e. The van der Waals surface area contributed by atoms with Gasteiger partial charge < -0.3 is 10.2 Å². The molecule has 0 aliphatic carbocycles. The van der Waals surface area contributed by atoms with Crippen molar-refractivity contribution in [3.05, 3.63) is 29.8 Å². The number of anilines is 1. The van der Waals surface area contributed by atoms with E-state index in [1.165, 1.54) is 6.07 Å². The summed E-state index contributed by atoms with van der Waals surface area (Å²) in [5.41, 5.74) is 0.866. The molecule has 3 nitrogen and oxygen atoms in total. The molecule has 0 radical (unpaired) electrons. The first-order chi connectivity index (χ1) is 9.34. The average molecular weight is 290 g/mol. The van der Waals surface area contributed by atoms with E-state index < -0.39 is 18.3 Å². The van der Waals surface area contributed by atoms with E-state index in [-0.39, 0.29) is 18.3 Å². The zero-order chi connectivity index (χ0) is 14.9. The van der Waals surface area contributed by atoms with Crippen molar-refractivity contribution in [1.29, 1.82) is 0 Å². The summed E-state index contributed by atoms with van der Waals surface area (Å²) in [5, 5.41) is 3.04. The number of nitrogens with one attached hydrogen (secondary N) is 1. The molecule has 0 bridgehead atoms. The fraction of sp³-hybridized carbons (Fsp3) is 0.462. The van der Waals surface area contributed by atoms with Gasteiger partial charge in [-0.25, -0.2) is 8.78 Å². The lowest BCUT2D eigenvalue weighted by molar-refractivity contribution is -0.166. The zero-order valence-electron chi connectivity index (χ0n) is 10.7. The van der Waals surface area contributed by atoms with Gasteiger partial charge in [-0.15, -0.1) is 0 Å². The molecule has 1 aromatic rings. The van der Waals surface area contributed by atoms with Crippen LogP contribution in [0.2, 0.25) is 0 Å². The van der Waals surface area contributed by atoms with Crippen molar-refractivity contribution in [3.8, 4) is 0 Å². The second-order valence-electron chi connectivity index (χ2n) is 4.75. The van der Waals surface area contributed by atoms with Crippen molar-refractivity contribution >= 4 is 11.6 Å². The quantitative estimate of drug-likeness (QED) is 0.848. The fourth-order valence-corrected chi connectivity index (χ4v) is 2.11. The second-order valence-corrected chi connectivity index (χ2v) is 4.75. The number of hydrogen-bond acceptors (Lipinski definition) is 2. The highest BCUT2D eigenvalue weighted by Gasteiger charge is 2.52. The van der Waals surface area contributed by atoms with E-state index in [0.717, 1.165) is 4.90 Å². The molecule has 1 unspecified atom stereocenters. The topological polar surface area (TPSA) is 32.3 Å². The van der Waals surface area contributed by atoms with Crippen LogP contribution >= 0.6 is 0 Å². The van der Waals surface area contributed by atoms with E-state index in [2.05, 4.69) is 5.32 Å². The van der Waals surface area contributed by atoms with Crippen LogP contribution in [0, 0.1) is 0 Å². The molecule has 1 aliphatic heterocycles. The van der Waals surface area contributed by atoms with Crippen molar-refractivity contribution in [1.82, 2.24) is 5.32 Å². The molecule has 1 amide bonds. The van der Waals surface area contributed by atoms with Gasteiger partial charge in [0.05, 0.1) is 0 Å². The number of fused-ring (bicyclic) bond motifs is 1. The van der Waals surface area contributed by atoms with Gasteiger partial charge in [0.1, 0.15) is 0 Å². The van der Waals surface area contributed by atoms with Gasteiger partial charge in [-0.05, 0) is 18.6 Å². The first-order valence-electron chi connectivity index (χ1n) is 6.13. The molecule has 2 rings (SSSR count). The minimum atomic E-state index is -4.68. The summed E-state index contributed by atoms with van der Waals surface area (Å²) >= 11 is 0. The monoisotopic (exact) mass is 290 g/mol. The van der Waals surface area contributed by atoms with E-state index in [1.54, 1.807) is 25.1 Å². The molecular weight excluding hydrogens is 276 g/mol. The Balaban J connectivity index is 2.41. The van der Waals surface area contributed by atoms with Crippen LogP contribution in [0.1, 0.15) is 12.5 Å². The molecule has 1 aliphatic rings. The summed E-state index contributed by atoms with van der Waals surface area (Å²) in [7, 11) is 0. The Labute approximate surface area is 113 Å². The van der Waals surface area contributed by atoms with Crippen LogP contribution < -0.4 is 10.2 Å². The Hall–Kier alpha value is -1.63. The lowest BCUT2D eigenvalue weighted by Gasteiger charge is -2.28. The molecule has 0 fully saturated rings. The molecular formula is C13H14F4N2O. The van der Waals surface area contributed by atoms with Gasteiger partial charge in [0.15, 0.2) is 0 Å². The number of carbonyl (C=O) groups is 1. The summed E-state index contributed by atoms with van der Waals surface area (Å²) < 4.78 is 51.4. The first-order valence-corrected chi connectivity index (χ1v) is 6.13. The number of carbonyl (C=O) groups excluding carboxylic acids is 1. The highest BCUT2D eigenvalue weighted by Crippen LogP contribution is 2.31. The summed E-state index contributed by atoms with van der Waals surface area (Å²) in [4.78, 5) is 12.5. The molecule has 1 aromatic carbocycles. The van der Waals surface area contributed by atoms with Crippen molar-refractivity contribution in [3.63, 3.8) is 0 Å². The number of hydrogen-bond donors (Lipinski definition) is 1. The van der Waals surface area contributed by atoms with Gasteiger partial charge in [-0.3, -0.25) is 4.79 Å². The third kappa shape index (κ3) is 2.63. The van der Waals surface area contributed by atoms with Crippen LogP contribution in [0.5, 0.6) is 0 Å². The minimum Gasteiger partial charge on any atom is -0.308 e. The van der Waals surface area contributed by atoms with E-state index in [4.69, 9.17) is 0 Å². The molecule has 110 valence electrons. The van der Waals surface area contributed by atoms with Crippen molar-refractivity contribution < 1.29 is 22.4 Å². The Kier molecular flexibility index (Phi) is 3.99. The predicted molar refractivity (Wildman–Crippen MR) is 66.0 cm³/mol. The summed E-state index contributed by atoms with van der Waals surface area (Å²) in [6, 6.07) is 6.15. The highest BCUT2D eigenvalue weighted by molar-refractivity contribution is 5.99. The van der Waals surface area contributed by atoms with Crippen molar-refractivity contribution in [2.45, 2.75) is 31.9 Å². The Morgan fingerprint density at radius 1 is 1.40 bits per heavy atom. The van der Waals surface area contributed by atoms with Gasteiger partial charge in [0.25, 0.3) is 0 Å². The van der Waals surface area contributed by atoms with E-state index in [0.29, 0.717) is 12.1 Å². The van der Waals surface area contributed by atoms with E-state index in [1.807, 2.05) is 0 Å². The highest BCUT2D eigenvalue weighted by atomic mass is 19.3. The normalized spacial score (nSPS) is 19.7. The van der Waals surface area contributed by atoms with Crippen LogP contribution in [-0.4, -0.2) is 30.8 Å². The molecule has 0 aromatic heterocycles. The number of halogens is 4. The van der Waals surface area contributed by atoms with Crippen LogP contribution in [-0.2, 0) is 11.3 Å². The molecule has 0 spiro atoms. The summed E-state index contributed by atoms with van der Waals surface area (Å²) in [6.07, 6.45) is -4.02. The maximum atomic E-state index is 13.3. The second kappa shape index (κ2) is 5.40. The van der Waals surface area contributed by atoms with Gasteiger partial charge >= 0.3 is 18.3 Å². The van der Waals surface area contributed by atoms with Gasteiger partial charge in [0.2, 0.25) is 0 Å². The van der Waals surface area contributed by atoms with E-state index in [9.17, 15) is 22.4 Å². The van der Waals surface area contributed by atoms with Gasteiger partial charge in [0, 0.05) is 24.8 Å². The number of benzene rings is 1. The van der Waals surface area contributed by atoms with Gasteiger partial charge in [-0.1, -0.05) is 18.2 Å². The van der Waals surface area contributed by atoms with Crippen molar-refractivity contribution in [2.24, 2.45) is 0 Å². The summed E-state index contributed by atoms with van der Waals surface area (Å²) in [6.45, 7) is 2.01. The number of rotatable bonds is 2. The van der Waals surface area contributed by atoms with Crippen LogP contribution in [0.3, 0.4) is 0 Å². The molecule has 1 atom stereocenters. The average Bonchev–Trinajstić information content (AvgIpc) is 2.57. The third-order valence-electron chi connectivity index (χ3n) is 3.18. The van der Waals surface area contributed by atoms with Crippen LogP contribution in [0.25, 0.3) is 0 Å². The van der Waals surface area contributed by atoms with Crippen molar-refractivity contribution in [2.75, 3.05) is 11.4 Å². The number of alkyl halides is 4. The van der Waals surface area contributed by atoms with E-state index >= 15 is 0 Å². The van der Waals surface area contributed by atoms with Crippen LogP contribution in [0.15, 0.2) is 24.3 Å². The smallest absolute Gasteiger partial charge is 0.308 e.